The summed E-state index contributed by atoms with van der Waals surface area (Å²) in [5.74, 6) is 0.790. The zero-order chi connectivity index (χ0) is 19.4. The Hall–Kier alpha value is -3.20. The lowest BCUT2D eigenvalue weighted by Gasteiger charge is -2.18. The monoisotopic (exact) mass is 365 g/mol. The van der Waals surface area contributed by atoms with E-state index in [1.807, 2.05) is 26.0 Å². The number of anilines is 1. The molecule has 0 aliphatic carbocycles. The number of rotatable bonds is 5. The molecule has 0 unspecified atom stereocenters. The lowest BCUT2D eigenvalue weighted by molar-refractivity contribution is -0.112. The number of hydrogen-bond acceptors (Lipinski definition) is 4. The highest BCUT2D eigenvalue weighted by molar-refractivity contribution is 6.09. The molecule has 1 aliphatic heterocycles. The van der Waals surface area contributed by atoms with Gasteiger partial charge in [-0.3, -0.25) is 4.79 Å². The van der Waals surface area contributed by atoms with Crippen molar-refractivity contribution in [3.8, 4) is 17.6 Å². The van der Waals surface area contributed by atoms with Crippen LogP contribution in [-0.4, -0.2) is 23.7 Å². The molecule has 0 radical (unpaired) electrons. The summed E-state index contributed by atoms with van der Waals surface area (Å²) in [6.45, 7) is 8.05. The minimum Gasteiger partial charge on any atom is -0.486 e. The molecule has 2 aromatic rings. The molecule has 0 saturated carbocycles. The normalized spacial score (nSPS) is 13.2. The predicted octanol–water partition coefficient (Wildman–Crippen LogP) is 3.83. The van der Waals surface area contributed by atoms with Crippen molar-refractivity contribution >= 4 is 17.7 Å². The summed E-state index contributed by atoms with van der Waals surface area (Å²) in [6.07, 6.45) is 2.66. The molecule has 0 saturated heterocycles. The van der Waals surface area contributed by atoms with Crippen molar-refractivity contribution in [2.24, 2.45) is 0 Å². The van der Waals surface area contributed by atoms with Crippen LogP contribution in [0.2, 0.25) is 0 Å². The SMILES string of the molecule is CCCn1c(C)cc(/C=C(\C#N)C(=O)Nc2ccc3c(c2)OCCO3)c1C. The summed E-state index contributed by atoms with van der Waals surface area (Å²) in [6, 6.07) is 9.19. The Morgan fingerprint density at radius 3 is 2.70 bits per heavy atom. The van der Waals surface area contributed by atoms with E-state index in [0.29, 0.717) is 30.4 Å². The van der Waals surface area contributed by atoms with E-state index >= 15 is 0 Å². The number of carbonyl (C=O) groups is 1. The number of fused-ring (bicyclic) bond motifs is 1. The van der Waals surface area contributed by atoms with Crippen molar-refractivity contribution in [3.63, 3.8) is 0 Å². The molecule has 27 heavy (non-hydrogen) atoms. The second kappa shape index (κ2) is 8.00. The van der Waals surface area contributed by atoms with Gasteiger partial charge in [-0.1, -0.05) is 6.92 Å². The first-order valence-corrected chi connectivity index (χ1v) is 9.03. The fraction of sp³-hybridized carbons (Fsp3) is 0.333. The fourth-order valence-electron chi connectivity index (χ4n) is 3.17. The van der Waals surface area contributed by atoms with Gasteiger partial charge in [0.25, 0.3) is 5.91 Å². The molecular weight excluding hydrogens is 342 g/mol. The van der Waals surface area contributed by atoms with Crippen LogP contribution in [0.1, 0.15) is 30.3 Å². The predicted molar refractivity (Wildman–Crippen MR) is 104 cm³/mol. The maximum atomic E-state index is 12.6. The number of nitrogens with one attached hydrogen (secondary N) is 1. The molecule has 6 heteroatoms. The van der Waals surface area contributed by atoms with Gasteiger partial charge in [0.2, 0.25) is 0 Å². The number of nitriles is 1. The molecule has 0 bridgehead atoms. The zero-order valence-electron chi connectivity index (χ0n) is 15.8. The molecular formula is C21H23N3O3. The second-order valence-corrected chi connectivity index (χ2v) is 6.46. The number of aromatic nitrogens is 1. The summed E-state index contributed by atoms with van der Waals surface area (Å²) in [4.78, 5) is 12.6. The average Bonchev–Trinajstić information content (AvgIpc) is 2.93. The summed E-state index contributed by atoms with van der Waals surface area (Å²) < 4.78 is 13.2. The number of aryl methyl sites for hydroxylation is 1. The molecule has 0 fully saturated rings. The first-order chi connectivity index (χ1) is 13.0. The summed E-state index contributed by atoms with van der Waals surface area (Å²) in [5.41, 5.74) is 3.66. The highest BCUT2D eigenvalue weighted by atomic mass is 16.6. The van der Waals surface area contributed by atoms with Crippen LogP contribution < -0.4 is 14.8 Å². The number of amides is 1. The number of ether oxygens (including phenoxy) is 2. The zero-order valence-corrected chi connectivity index (χ0v) is 15.8. The van der Waals surface area contributed by atoms with Crippen molar-refractivity contribution in [1.29, 1.82) is 5.26 Å². The van der Waals surface area contributed by atoms with E-state index < -0.39 is 5.91 Å². The molecule has 0 atom stereocenters. The Bertz CT molecular complexity index is 935. The lowest BCUT2D eigenvalue weighted by atomic mass is 10.1. The molecule has 3 rings (SSSR count). The Kier molecular flexibility index (Phi) is 5.51. The number of nitrogens with zero attached hydrogens (tertiary/aromatic N) is 2. The summed E-state index contributed by atoms with van der Waals surface area (Å²) in [7, 11) is 0. The van der Waals surface area contributed by atoms with Crippen LogP contribution in [0, 0.1) is 25.2 Å². The highest BCUT2D eigenvalue weighted by Gasteiger charge is 2.16. The standard InChI is InChI=1S/C21H23N3O3/c1-4-7-24-14(2)10-16(15(24)3)11-17(13-22)21(25)23-18-5-6-19-20(12-18)27-9-8-26-19/h5-6,10-12H,4,7-9H2,1-3H3,(H,23,25)/b17-11+. The van der Waals surface area contributed by atoms with Crippen LogP contribution in [-0.2, 0) is 11.3 Å². The van der Waals surface area contributed by atoms with Gasteiger partial charge in [0, 0.05) is 29.7 Å². The number of hydrogen-bond donors (Lipinski definition) is 1. The number of carbonyl (C=O) groups excluding carboxylic acids is 1. The maximum absolute atomic E-state index is 12.6. The van der Waals surface area contributed by atoms with Crippen molar-refractivity contribution < 1.29 is 14.3 Å². The average molecular weight is 365 g/mol. The third-order valence-corrected chi connectivity index (χ3v) is 4.52. The van der Waals surface area contributed by atoms with Crippen molar-refractivity contribution in [3.05, 3.63) is 46.8 Å². The third-order valence-electron chi connectivity index (χ3n) is 4.52. The van der Waals surface area contributed by atoms with Gasteiger partial charge >= 0.3 is 0 Å². The van der Waals surface area contributed by atoms with E-state index in [4.69, 9.17) is 9.47 Å². The molecule has 140 valence electrons. The molecule has 1 N–H and O–H groups in total. The fourth-order valence-corrected chi connectivity index (χ4v) is 3.17. The van der Waals surface area contributed by atoms with E-state index in [-0.39, 0.29) is 5.57 Å². The van der Waals surface area contributed by atoms with Gasteiger partial charge in [0.05, 0.1) is 0 Å². The second-order valence-electron chi connectivity index (χ2n) is 6.46. The maximum Gasteiger partial charge on any atom is 0.266 e. The summed E-state index contributed by atoms with van der Waals surface area (Å²) >= 11 is 0. The minimum atomic E-state index is -0.450. The van der Waals surface area contributed by atoms with Gasteiger partial charge in [-0.25, -0.2) is 0 Å². The molecule has 0 spiro atoms. The van der Waals surface area contributed by atoms with Crippen LogP contribution >= 0.6 is 0 Å². The smallest absolute Gasteiger partial charge is 0.266 e. The molecule has 1 aliphatic rings. The first-order valence-electron chi connectivity index (χ1n) is 9.03. The van der Waals surface area contributed by atoms with E-state index in [1.54, 1.807) is 24.3 Å². The van der Waals surface area contributed by atoms with Crippen molar-refractivity contribution in [1.82, 2.24) is 4.57 Å². The van der Waals surface area contributed by atoms with Gasteiger partial charge in [0.1, 0.15) is 24.9 Å². The Morgan fingerprint density at radius 2 is 2.00 bits per heavy atom. The third kappa shape index (κ3) is 3.98. The van der Waals surface area contributed by atoms with E-state index in [2.05, 4.69) is 16.8 Å². The first kappa shape index (κ1) is 18.6. The van der Waals surface area contributed by atoms with Gasteiger partial charge in [0.15, 0.2) is 11.5 Å². The Balaban J connectivity index is 1.81. The largest absolute Gasteiger partial charge is 0.486 e. The van der Waals surface area contributed by atoms with E-state index in [9.17, 15) is 10.1 Å². The van der Waals surface area contributed by atoms with Crippen molar-refractivity contribution in [2.75, 3.05) is 18.5 Å². The van der Waals surface area contributed by atoms with Crippen LogP contribution in [0.3, 0.4) is 0 Å². The van der Waals surface area contributed by atoms with Crippen LogP contribution in [0.4, 0.5) is 5.69 Å². The van der Waals surface area contributed by atoms with Gasteiger partial charge in [-0.05, 0) is 50.1 Å². The van der Waals surface area contributed by atoms with Crippen LogP contribution in [0.25, 0.3) is 6.08 Å². The lowest BCUT2D eigenvalue weighted by Crippen LogP contribution is -2.17. The van der Waals surface area contributed by atoms with Gasteiger partial charge < -0.3 is 19.4 Å². The quantitative estimate of drug-likeness (QED) is 0.645. The molecule has 6 nitrogen and oxygen atoms in total. The van der Waals surface area contributed by atoms with E-state index in [0.717, 1.165) is 29.9 Å². The number of benzene rings is 1. The molecule has 2 heterocycles. The molecule has 1 aromatic carbocycles. The molecule has 1 aromatic heterocycles. The summed E-state index contributed by atoms with van der Waals surface area (Å²) in [5, 5.41) is 12.2. The van der Waals surface area contributed by atoms with Crippen LogP contribution in [0.5, 0.6) is 11.5 Å². The topological polar surface area (TPSA) is 76.3 Å². The van der Waals surface area contributed by atoms with Gasteiger partial charge in [-0.2, -0.15) is 5.26 Å². The van der Waals surface area contributed by atoms with E-state index in [1.165, 1.54) is 0 Å². The van der Waals surface area contributed by atoms with Crippen molar-refractivity contribution in [2.45, 2.75) is 33.7 Å². The van der Waals surface area contributed by atoms with Gasteiger partial charge in [-0.15, -0.1) is 0 Å². The Labute approximate surface area is 159 Å². The highest BCUT2D eigenvalue weighted by Crippen LogP contribution is 2.32. The molecule has 1 amide bonds. The van der Waals surface area contributed by atoms with Crippen LogP contribution in [0.15, 0.2) is 29.8 Å². The minimum absolute atomic E-state index is 0.0571. The Morgan fingerprint density at radius 1 is 1.26 bits per heavy atom.